The number of nitrogens with zero attached hydrogens (tertiary/aromatic N) is 3. The molecule has 3 aromatic rings. The summed E-state index contributed by atoms with van der Waals surface area (Å²) in [4.78, 5) is 9.09. The zero-order valence-electron chi connectivity index (χ0n) is 20.2. The monoisotopic (exact) mass is 501 g/mol. The SMILES string of the molecule is COc1ccc(S(=O)(=O)c2cnc3cc(OC)c(OC)cc3c2N2CCCN(CCO)CC2)cc1. The van der Waals surface area contributed by atoms with Gasteiger partial charge in [0.1, 0.15) is 10.6 Å². The first-order chi connectivity index (χ1) is 16.9. The topological polar surface area (TPSA) is 101 Å². The van der Waals surface area contributed by atoms with E-state index < -0.39 is 9.84 Å². The summed E-state index contributed by atoms with van der Waals surface area (Å²) in [5.41, 5.74) is 1.21. The third-order valence-electron chi connectivity index (χ3n) is 6.29. The number of methoxy groups -OCH3 is 3. The lowest BCUT2D eigenvalue weighted by molar-refractivity contribution is 0.204. The Kier molecular flexibility index (Phi) is 7.63. The molecule has 10 heteroatoms. The molecule has 0 bridgehead atoms. The van der Waals surface area contributed by atoms with Gasteiger partial charge in [-0.05, 0) is 43.3 Å². The van der Waals surface area contributed by atoms with E-state index in [0.717, 1.165) is 13.0 Å². The van der Waals surface area contributed by atoms with Gasteiger partial charge in [0.25, 0.3) is 0 Å². The van der Waals surface area contributed by atoms with Gasteiger partial charge in [-0.2, -0.15) is 0 Å². The Morgan fingerprint density at radius 2 is 1.66 bits per heavy atom. The Morgan fingerprint density at radius 1 is 0.943 bits per heavy atom. The van der Waals surface area contributed by atoms with Crippen LogP contribution in [0.15, 0.2) is 52.4 Å². The summed E-state index contributed by atoms with van der Waals surface area (Å²) in [5.74, 6) is 1.60. The van der Waals surface area contributed by atoms with Crippen LogP contribution in [-0.4, -0.2) is 84.1 Å². The third kappa shape index (κ3) is 5.00. The van der Waals surface area contributed by atoms with Gasteiger partial charge in [0, 0.05) is 43.8 Å². The Morgan fingerprint density at radius 3 is 2.31 bits per heavy atom. The molecular weight excluding hydrogens is 470 g/mol. The highest BCUT2D eigenvalue weighted by atomic mass is 32.2. The molecule has 35 heavy (non-hydrogen) atoms. The zero-order valence-corrected chi connectivity index (χ0v) is 21.0. The van der Waals surface area contributed by atoms with Gasteiger partial charge in [-0.25, -0.2) is 8.42 Å². The highest BCUT2D eigenvalue weighted by molar-refractivity contribution is 7.91. The quantitative estimate of drug-likeness (QED) is 0.499. The maximum absolute atomic E-state index is 13.9. The number of hydrogen-bond donors (Lipinski definition) is 1. The molecule has 0 amide bonds. The first-order valence-electron chi connectivity index (χ1n) is 11.4. The highest BCUT2D eigenvalue weighted by Crippen LogP contribution is 2.41. The fourth-order valence-electron chi connectivity index (χ4n) is 4.45. The van der Waals surface area contributed by atoms with Crippen molar-refractivity contribution in [2.75, 3.05) is 65.6 Å². The molecule has 1 aliphatic rings. The van der Waals surface area contributed by atoms with E-state index in [1.54, 1.807) is 50.6 Å². The standard InChI is InChI=1S/C25H31N3O6S/c1-32-18-5-7-19(8-6-18)35(30,31)24-17-26-21-16-23(34-3)22(33-2)15-20(21)25(24)28-10-4-9-27(11-12-28)13-14-29/h5-8,15-17,29H,4,9-14H2,1-3H3. The number of aliphatic hydroxyl groups is 1. The van der Waals surface area contributed by atoms with Crippen LogP contribution in [0, 0.1) is 0 Å². The van der Waals surface area contributed by atoms with Crippen LogP contribution >= 0.6 is 0 Å². The van der Waals surface area contributed by atoms with Crippen molar-refractivity contribution in [3.63, 3.8) is 0 Å². The average molecular weight is 502 g/mol. The molecule has 0 atom stereocenters. The number of aromatic nitrogens is 1. The summed E-state index contributed by atoms with van der Waals surface area (Å²) < 4.78 is 43.9. The first-order valence-corrected chi connectivity index (χ1v) is 12.9. The summed E-state index contributed by atoms with van der Waals surface area (Å²) in [5, 5.41) is 10.1. The van der Waals surface area contributed by atoms with Crippen LogP contribution in [-0.2, 0) is 9.84 Å². The largest absolute Gasteiger partial charge is 0.497 e. The molecular formula is C25H31N3O6S. The number of anilines is 1. The minimum absolute atomic E-state index is 0.0896. The van der Waals surface area contributed by atoms with Crippen LogP contribution in [0.5, 0.6) is 17.2 Å². The van der Waals surface area contributed by atoms with Crippen molar-refractivity contribution in [3.8, 4) is 17.2 Å². The van der Waals surface area contributed by atoms with Gasteiger partial charge in [0.15, 0.2) is 11.5 Å². The van der Waals surface area contributed by atoms with Gasteiger partial charge in [0.05, 0.1) is 44.0 Å². The van der Waals surface area contributed by atoms with Crippen LogP contribution in [0.3, 0.4) is 0 Å². The third-order valence-corrected chi connectivity index (χ3v) is 8.06. The van der Waals surface area contributed by atoms with E-state index in [0.29, 0.717) is 60.0 Å². The van der Waals surface area contributed by atoms with E-state index >= 15 is 0 Å². The Hall–Kier alpha value is -3.08. The van der Waals surface area contributed by atoms with Crippen molar-refractivity contribution < 1.29 is 27.7 Å². The van der Waals surface area contributed by atoms with E-state index in [4.69, 9.17) is 14.2 Å². The number of rotatable bonds is 8. The van der Waals surface area contributed by atoms with Crippen molar-refractivity contribution in [1.82, 2.24) is 9.88 Å². The highest BCUT2D eigenvalue weighted by Gasteiger charge is 2.29. The summed E-state index contributed by atoms with van der Waals surface area (Å²) in [7, 11) is 0.748. The molecule has 0 spiro atoms. The predicted octanol–water partition coefficient (Wildman–Crippen LogP) is 2.60. The number of sulfone groups is 1. The van der Waals surface area contributed by atoms with Gasteiger partial charge < -0.3 is 24.2 Å². The van der Waals surface area contributed by atoms with Crippen molar-refractivity contribution in [2.45, 2.75) is 16.2 Å². The van der Waals surface area contributed by atoms with Gasteiger partial charge in [-0.3, -0.25) is 9.88 Å². The molecule has 1 saturated heterocycles. The molecule has 188 valence electrons. The van der Waals surface area contributed by atoms with Crippen LogP contribution < -0.4 is 19.1 Å². The number of pyridine rings is 1. The smallest absolute Gasteiger partial charge is 0.210 e. The maximum atomic E-state index is 13.9. The van der Waals surface area contributed by atoms with E-state index in [-0.39, 0.29) is 16.4 Å². The minimum Gasteiger partial charge on any atom is -0.497 e. The second kappa shape index (κ2) is 10.7. The zero-order chi connectivity index (χ0) is 25.0. The van der Waals surface area contributed by atoms with E-state index in [2.05, 4.69) is 14.8 Å². The normalized spacial score (nSPS) is 15.1. The summed E-state index contributed by atoms with van der Waals surface area (Å²) in [6.07, 6.45) is 2.26. The van der Waals surface area contributed by atoms with Crippen molar-refractivity contribution in [1.29, 1.82) is 0 Å². The predicted molar refractivity (Wildman–Crippen MR) is 134 cm³/mol. The molecule has 0 saturated carbocycles. The summed E-state index contributed by atoms with van der Waals surface area (Å²) in [6.45, 7) is 3.50. The molecule has 2 heterocycles. The number of benzene rings is 2. The van der Waals surface area contributed by atoms with Crippen LogP contribution in [0.25, 0.3) is 10.9 Å². The van der Waals surface area contributed by atoms with Gasteiger partial charge in [0.2, 0.25) is 9.84 Å². The Labute approximate surface area is 205 Å². The van der Waals surface area contributed by atoms with Crippen LogP contribution in [0.1, 0.15) is 6.42 Å². The van der Waals surface area contributed by atoms with Gasteiger partial charge >= 0.3 is 0 Å². The van der Waals surface area contributed by atoms with E-state index in [1.165, 1.54) is 13.3 Å². The molecule has 0 radical (unpaired) electrons. The molecule has 2 aromatic carbocycles. The molecule has 1 aliphatic heterocycles. The van der Waals surface area contributed by atoms with Crippen LogP contribution in [0.4, 0.5) is 5.69 Å². The maximum Gasteiger partial charge on any atom is 0.210 e. The second-order valence-electron chi connectivity index (χ2n) is 8.28. The summed E-state index contributed by atoms with van der Waals surface area (Å²) >= 11 is 0. The molecule has 1 fully saturated rings. The Balaban J connectivity index is 1.91. The second-order valence-corrected chi connectivity index (χ2v) is 10.2. The molecule has 1 N–H and O–H groups in total. The number of ether oxygens (including phenoxy) is 3. The van der Waals surface area contributed by atoms with E-state index in [9.17, 15) is 13.5 Å². The molecule has 4 rings (SSSR count). The summed E-state index contributed by atoms with van der Waals surface area (Å²) in [6, 6.07) is 9.91. The number of β-amino-alcohol motifs (C(OH)–C–C–N with tert-alkyl or cyclic N) is 1. The molecule has 9 nitrogen and oxygen atoms in total. The molecule has 0 aliphatic carbocycles. The van der Waals surface area contributed by atoms with Crippen molar-refractivity contribution in [3.05, 3.63) is 42.6 Å². The van der Waals surface area contributed by atoms with Gasteiger partial charge in [-0.1, -0.05) is 0 Å². The van der Waals surface area contributed by atoms with Crippen LogP contribution in [0.2, 0.25) is 0 Å². The molecule has 1 aromatic heterocycles. The fraction of sp³-hybridized carbons (Fsp3) is 0.400. The Bertz CT molecular complexity index is 1280. The number of fused-ring (bicyclic) bond motifs is 1. The fourth-order valence-corrected chi connectivity index (χ4v) is 5.88. The van der Waals surface area contributed by atoms with E-state index in [1.807, 2.05) is 0 Å². The number of aliphatic hydroxyl groups excluding tert-OH is 1. The minimum atomic E-state index is -3.89. The average Bonchev–Trinajstić information content (AvgIpc) is 3.12. The van der Waals surface area contributed by atoms with Crippen molar-refractivity contribution >= 4 is 26.4 Å². The van der Waals surface area contributed by atoms with Crippen molar-refractivity contribution in [2.24, 2.45) is 0 Å². The number of hydrogen-bond acceptors (Lipinski definition) is 9. The lowest BCUT2D eigenvalue weighted by Gasteiger charge is -2.27. The lowest BCUT2D eigenvalue weighted by atomic mass is 10.1. The first kappa shape index (κ1) is 25.0. The van der Waals surface area contributed by atoms with Gasteiger partial charge in [-0.15, -0.1) is 0 Å². The lowest BCUT2D eigenvalue weighted by Crippen LogP contribution is -2.33. The molecule has 0 unspecified atom stereocenters.